The summed E-state index contributed by atoms with van der Waals surface area (Å²) in [6.07, 6.45) is 2.94. The van der Waals surface area contributed by atoms with Gasteiger partial charge in [-0.15, -0.1) is 0 Å². The molecule has 1 aromatic carbocycles. The van der Waals surface area contributed by atoms with Crippen LogP contribution in [0.15, 0.2) is 36.7 Å². The Hall–Kier alpha value is -2.87. The number of piperidine rings is 1. The number of ether oxygens (including phenoxy) is 1. The van der Waals surface area contributed by atoms with Gasteiger partial charge in [0.15, 0.2) is 5.78 Å². The van der Waals surface area contributed by atoms with Crippen molar-refractivity contribution < 1.29 is 13.9 Å². The summed E-state index contributed by atoms with van der Waals surface area (Å²) in [7, 11) is 1.63. The minimum atomic E-state index is -0.331. The van der Waals surface area contributed by atoms with Crippen LogP contribution < -0.4 is 4.90 Å². The summed E-state index contributed by atoms with van der Waals surface area (Å²) in [5.74, 6) is 1.12. The summed E-state index contributed by atoms with van der Waals surface area (Å²) < 4.78 is 20.0. The number of rotatable bonds is 5. The molecule has 3 heterocycles. The van der Waals surface area contributed by atoms with Crippen molar-refractivity contribution in [3.05, 3.63) is 53.7 Å². The van der Waals surface area contributed by atoms with Crippen LogP contribution in [0.4, 0.5) is 10.2 Å². The first kappa shape index (κ1) is 17.5. The zero-order valence-corrected chi connectivity index (χ0v) is 15.0. The molecule has 0 atom stereocenters. The van der Waals surface area contributed by atoms with Crippen molar-refractivity contribution in [3.63, 3.8) is 0 Å². The third-order valence-electron chi connectivity index (χ3n) is 4.90. The van der Waals surface area contributed by atoms with E-state index in [2.05, 4.69) is 20.0 Å². The number of methoxy groups -OCH3 is 1. The van der Waals surface area contributed by atoms with Gasteiger partial charge in [-0.1, -0.05) is 0 Å². The molecule has 0 aliphatic carbocycles. The molecule has 0 radical (unpaired) electrons. The first-order valence-electron chi connectivity index (χ1n) is 8.89. The molecule has 7 nitrogen and oxygen atoms in total. The molecule has 1 aliphatic rings. The van der Waals surface area contributed by atoms with E-state index in [1.54, 1.807) is 23.8 Å². The van der Waals surface area contributed by atoms with E-state index in [1.165, 1.54) is 18.5 Å². The third kappa shape index (κ3) is 3.52. The Balaban J connectivity index is 1.51. The number of fused-ring (bicyclic) bond motifs is 1. The summed E-state index contributed by atoms with van der Waals surface area (Å²) >= 11 is 0. The molecule has 0 saturated carbocycles. The van der Waals surface area contributed by atoms with Gasteiger partial charge in [-0.3, -0.25) is 4.79 Å². The summed E-state index contributed by atoms with van der Waals surface area (Å²) in [6.45, 7) is 1.85. The summed E-state index contributed by atoms with van der Waals surface area (Å²) in [6, 6.07) is 7.73. The van der Waals surface area contributed by atoms with E-state index < -0.39 is 0 Å². The topological polar surface area (TPSA) is 72.6 Å². The van der Waals surface area contributed by atoms with Gasteiger partial charge in [0.1, 0.15) is 18.0 Å². The van der Waals surface area contributed by atoms with Crippen molar-refractivity contribution in [1.82, 2.24) is 19.6 Å². The fraction of sp³-hybridized carbons (Fsp3) is 0.368. The number of halogens is 1. The number of benzene rings is 1. The van der Waals surface area contributed by atoms with Crippen LogP contribution in [0.2, 0.25) is 0 Å². The molecule has 0 bridgehead atoms. The predicted molar refractivity (Wildman–Crippen MR) is 97.2 cm³/mol. The first-order chi connectivity index (χ1) is 13.2. The molecular formula is C19H20FN5O2. The van der Waals surface area contributed by atoms with Gasteiger partial charge in [0.25, 0.3) is 5.78 Å². The maximum atomic E-state index is 13.1. The highest BCUT2D eigenvalue weighted by Crippen LogP contribution is 2.26. The number of carbonyl (C=O) groups excluding carboxylic acids is 1. The third-order valence-corrected chi connectivity index (χ3v) is 4.90. The Labute approximate surface area is 155 Å². The fourth-order valence-electron chi connectivity index (χ4n) is 3.51. The Morgan fingerprint density at radius 3 is 2.70 bits per heavy atom. The van der Waals surface area contributed by atoms with E-state index in [0.29, 0.717) is 17.9 Å². The zero-order chi connectivity index (χ0) is 18.8. The highest BCUT2D eigenvalue weighted by atomic mass is 19.1. The maximum Gasteiger partial charge on any atom is 0.254 e. The predicted octanol–water partition coefficient (Wildman–Crippen LogP) is 2.51. The van der Waals surface area contributed by atoms with Crippen LogP contribution in [0, 0.1) is 11.7 Å². The second-order valence-electron chi connectivity index (χ2n) is 6.64. The lowest BCUT2D eigenvalue weighted by atomic mass is 9.89. The molecular weight excluding hydrogens is 349 g/mol. The average Bonchev–Trinajstić information content (AvgIpc) is 3.16. The molecule has 8 heteroatoms. The van der Waals surface area contributed by atoms with Crippen LogP contribution >= 0.6 is 0 Å². The van der Waals surface area contributed by atoms with E-state index >= 15 is 0 Å². The van der Waals surface area contributed by atoms with E-state index in [1.807, 2.05) is 6.07 Å². The number of hydrogen-bond acceptors (Lipinski definition) is 6. The SMILES string of the molecule is COCc1cc(N2CCC(C(=O)c3ccc(F)cc3)CC2)n2ncnc2n1. The lowest BCUT2D eigenvalue weighted by Gasteiger charge is -2.33. The number of hydrogen-bond donors (Lipinski definition) is 0. The number of ketones is 1. The molecule has 140 valence electrons. The maximum absolute atomic E-state index is 13.1. The Kier molecular flexibility index (Phi) is 4.81. The zero-order valence-electron chi connectivity index (χ0n) is 15.0. The second kappa shape index (κ2) is 7.40. The number of carbonyl (C=O) groups is 1. The number of nitrogens with zero attached hydrogens (tertiary/aromatic N) is 5. The van der Waals surface area contributed by atoms with Crippen molar-refractivity contribution in [2.24, 2.45) is 5.92 Å². The molecule has 4 rings (SSSR count). The fourth-order valence-corrected chi connectivity index (χ4v) is 3.51. The highest BCUT2D eigenvalue weighted by molar-refractivity contribution is 5.97. The lowest BCUT2D eigenvalue weighted by molar-refractivity contribution is 0.0900. The summed E-state index contributed by atoms with van der Waals surface area (Å²) in [5, 5.41) is 4.26. The monoisotopic (exact) mass is 369 g/mol. The molecule has 1 saturated heterocycles. The quantitative estimate of drug-likeness (QED) is 0.644. The van der Waals surface area contributed by atoms with Crippen LogP contribution in [0.1, 0.15) is 28.9 Å². The Bertz CT molecular complexity index is 948. The van der Waals surface area contributed by atoms with Gasteiger partial charge in [-0.05, 0) is 37.1 Å². The van der Waals surface area contributed by atoms with Gasteiger partial charge in [0.2, 0.25) is 0 Å². The van der Waals surface area contributed by atoms with Crippen molar-refractivity contribution in [3.8, 4) is 0 Å². The van der Waals surface area contributed by atoms with Crippen molar-refractivity contribution in [2.45, 2.75) is 19.4 Å². The normalized spacial score (nSPS) is 15.4. The van der Waals surface area contributed by atoms with Crippen LogP contribution in [-0.4, -0.2) is 45.6 Å². The van der Waals surface area contributed by atoms with Crippen molar-refractivity contribution in [1.29, 1.82) is 0 Å². The highest BCUT2D eigenvalue weighted by Gasteiger charge is 2.27. The first-order valence-corrected chi connectivity index (χ1v) is 8.89. The average molecular weight is 369 g/mol. The summed E-state index contributed by atoms with van der Waals surface area (Å²) in [4.78, 5) is 23.5. The largest absolute Gasteiger partial charge is 0.378 e. The number of Topliss-reactive ketones (excluding diaryl/α,β-unsaturated/α-hetero) is 1. The summed E-state index contributed by atoms with van der Waals surface area (Å²) in [5.41, 5.74) is 1.36. The van der Waals surface area contributed by atoms with Crippen LogP contribution in [0.3, 0.4) is 0 Å². The van der Waals surface area contributed by atoms with Crippen LogP contribution in [-0.2, 0) is 11.3 Å². The smallest absolute Gasteiger partial charge is 0.254 e. The molecule has 3 aromatic rings. The van der Waals surface area contributed by atoms with Crippen LogP contribution in [0.25, 0.3) is 5.78 Å². The molecule has 27 heavy (non-hydrogen) atoms. The number of aromatic nitrogens is 4. The van der Waals surface area contributed by atoms with E-state index in [-0.39, 0.29) is 17.5 Å². The second-order valence-corrected chi connectivity index (χ2v) is 6.64. The molecule has 2 aromatic heterocycles. The van der Waals surface area contributed by atoms with Gasteiger partial charge in [-0.25, -0.2) is 9.37 Å². The molecule has 0 amide bonds. The van der Waals surface area contributed by atoms with E-state index in [0.717, 1.165) is 37.4 Å². The number of anilines is 1. The standard InChI is InChI=1S/C19H20FN5O2/c1-27-11-16-10-17(25-19(23-16)21-12-22-25)24-8-6-14(7-9-24)18(26)13-2-4-15(20)5-3-13/h2-5,10,12,14H,6-9,11H2,1H3. The minimum absolute atomic E-state index is 0.0572. The molecule has 1 aliphatic heterocycles. The molecule has 1 fully saturated rings. The molecule has 0 N–H and O–H groups in total. The van der Waals surface area contributed by atoms with Gasteiger partial charge < -0.3 is 9.64 Å². The van der Waals surface area contributed by atoms with Crippen molar-refractivity contribution in [2.75, 3.05) is 25.1 Å². The molecule has 0 unspecified atom stereocenters. The van der Waals surface area contributed by atoms with Gasteiger partial charge in [0.05, 0.1) is 12.3 Å². The van der Waals surface area contributed by atoms with Gasteiger partial charge in [-0.2, -0.15) is 14.6 Å². The Morgan fingerprint density at radius 2 is 2.00 bits per heavy atom. The van der Waals surface area contributed by atoms with E-state index in [9.17, 15) is 9.18 Å². The van der Waals surface area contributed by atoms with Crippen LogP contribution in [0.5, 0.6) is 0 Å². The van der Waals surface area contributed by atoms with Crippen molar-refractivity contribution >= 4 is 17.4 Å². The minimum Gasteiger partial charge on any atom is -0.378 e. The van der Waals surface area contributed by atoms with Gasteiger partial charge >= 0.3 is 0 Å². The lowest BCUT2D eigenvalue weighted by Crippen LogP contribution is -2.37. The molecule has 0 spiro atoms. The van der Waals surface area contributed by atoms with Gasteiger partial charge in [0, 0.05) is 37.7 Å². The Morgan fingerprint density at radius 1 is 1.26 bits per heavy atom. The van der Waals surface area contributed by atoms with E-state index in [4.69, 9.17) is 4.74 Å².